The first-order valence-electron chi connectivity index (χ1n) is 6.02. The summed E-state index contributed by atoms with van der Waals surface area (Å²) in [6.45, 7) is 0.00551. The van der Waals surface area contributed by atoms with Crippen LogP contribution in [0.3, 0.4) is 0 Å². The van der Waals surface area contributed by atoms with Crippen molar-refractivity contribution in [1.29, 1.82) is 0 Å². The predicted molar refractivity (Wildman–Crippen MR) is 72.7 cm³/mol. The fraction of sp³-hybridized carbons (Fsp3) is 0.385. The Hall–Kier alpha value is -1.76. The smallest absolute Gasteiger partial charge is 0.220 e. The van der Waals surface area contributed by atoms with E-state index < -0.39 is 27.3 Å². The van der Waals surface area contributed by atoms with Crippen molar-refractivity contribution in [1.82, 2.24) is 5.32 Å². The molecule has 5 nitrogen and oxygen atoms in total. The van der Waals surface area contributed by atoms with Gasteiger partial charge in [0.2, 0.25) is 5.91 Å². The number of carbonyl (C=O) groups is 2. The minimum absolute atomic E-state index is 0.00551. The Morgan fingerprint density at radius 3 is 2.45 bits per heavy atom. The Morgan fingerprint density at radius 2 is 1.85 bits per heavy atom. The molecular weight excluding hydrogens is 285 g/mol. The van der Waals surface area contributed by atoms with Gasteiger partial charge in [-0.3, -0.25) is 9.59 Å². The summed E-state index contributed by atoms with van der Waals surface area (Å²) in [5.41, 5.74) is -0.0450. The molecule has 1 amide bonds. The van der Waals surface area contributed by atoms with E-state index in [0.29, 0.717) is 0 Å². The van der Waals surface area contributed by atoms with Gasteiger partial charge in [-0.05, 0) is 12.1 Å². The van der Waals surface area contributed by atoms with E-state index in [1.165, 1.54) is 18.2 Å². The van der Waals surface area contributed by atoms with Gasteiger partial charge in [0, 0.05) is 25.6 Å². The van der Waals surface area contributed by atoms with Crippen LogP contribution >= 0.6 is 0 Å². The number of hydrogen-bond donors (Lipinski definition) is 1. The molecule has 0 radical (unpaired) electrons. The molecule has 0 heterocycles. The van der Waals surface area contributed by atoms with E-state index in [1.54, 1.807) is 6.07 Å². The molecule has 0 unspecified atom stereocenters. The third-order valence-corrected chi connectivity index (χ3v) is 3.49. The van der Waals surface area contributed by atoms with E-state index in [4.69, 9.17) is 0 Å². The lowest BCUT2D eigenvalue weighted by molar-refractivity contribution is -0.120. The molecular formula is C13H16FNO4S. The largest absolute Gasteiger partial charge is 0.355 e. The molecule has 0 spiro atoms. The minimum Gasteiger partial charge on any atom is -0.355 e. The van der Waals surface area contributed by atoms with E-state index in [2.05, 4.69) is 5.32 Å². The Labute approximate surface area is 117 Å². The molecule has 0 aromatic heterocycles. The van der Waals surface area contributed by atoms with Crippen molar-refractivity contribution < 1.29 is 22.4 Å². The normalized spacial score (nSPS) is 11.1. The van der Waals surface area contributed by atoms with Gasteiger partial charge >= 0.3 is 0 Å². The summed E-state index contributed by atoms with van der Waals surface area (Å²) in [7, 11) is -3.13. The van der Waals surface area contributed by atoms with E-state index in [1.807, 2.05) is 0 Å². The van der Waals surface area contributed by atoms with Crippen molar-refractivity contribution in [2.75, 3.05) is 18.6 Å². The fourth-order valence-electron chi connectivity index (χ4n) is 1.51. The summed E-state index contributed by atoms with van der Waals surface area (Å²) in [5, 5.41) is 2.40. The Bertz CT molecular complexity index is 598. The maximum atomic E-state index is 13.3. The number of ketones is 1. The summed E-state index contributed by atoms with van der Waals surface area (Å²) in [4.78, 5) is 23.1. The van der Waals surface area contributed by atoms with Crippen LogP contribution in [-0.2, 0) is 14.6 Å². The fourth-order valence-corrected chi connectivity index (χ4v) is 1.99. The number of benzene rings is 1. The SMILES string of the molecule is CS(=O)(=O)CCNC(=O)CCC(=O)c1ccccc1F. The van der Waals surface area contributed by atoms with Crippen molar-refractivity contribution in [3.8, 4) is 0 Å². The number of amides is 1. The van der Waals surface area contributed by atoms with Crippen molar-refractivity contribution in [3.63, 3.8) is 0 Å². The van der Waals surface area contributed by atoms with Crippen LogP contribution in [0.15, 0.2) is 24.3 Å². The third-order valence-electron chi connectivity index (χ3n) is 2.55. The van der Waals surface area contributed by atoms with E-state index in [0.717, 1.165) is 6.26 Å². The number of nitrogens with one attached hydrogen (secondary N) is 1. The van der Waals surface area contributed by atoms with Crippen LogP contribution < -0.4 is 5.32 Å². The number of carbonyl (C=O) groups excluding carboxylic acids is 2. The highest BCUT2D eigenvalue weighted by Crippen LogP contribution is 2.10. The lowest BCUT2D eigenvalue weighted by Crippen LogP contribution is -2.29. The van der Waals surface area contributed by atoms with E-state index in [9.17, 15) is 22.4 Å². The van der Waals surface area contributed by atoms with Gasteiger partial charge in [0.25, 0.3) is 0 Å². The van der Waals surface area contributed by atoms with Crippen LogP contribution in [0.1, 0.15) is 23.2 Å². The number of rotatable bonds is 7. The molecule has 1 N–H and O–H groups in total. The molecule has 1 aromatic carbocycles. The molecule has 0 bridgehead atoms. The monoisotopic (exact) mass is 301 g/mol. The van der Waals surface area contributed by atoms with E-state index >= 15 is 0 Å². The van der Waals surface area contributed by atoms with Crippen LogP contribution in [0.5, 0.6) is 0 Å². The average Bonchev–Trinajstić information content (AvgIpc) is 2.35. The molecule has 1 rings (SSSR count). The zero-order valence-electron chi connectivity index (χ0n) is 11.1. The zero-order chi connectivity index (χ0) is 15.2. The van der Waals surface area contributed by atoms with Crippen molar-refractivity contribution in [2.24, 2.45) is 0 Å². The molecule has 110 valence electrons. The highest BCUT2D eigenvalue weighted by molar-refractivity contribution is 7.90. The lowest BCUT2D eigenvalue weighted by Gasteiger charge is -2.04. The first-order valence-corrected chi connectivity index (χ1v) is 8.08. The topological polar surface area (TPSA) is 80.3 Å². The van der Waals surface area contributed by atoms with Gasteiger partial charge < -0.3 is 5.32 Å². The number of halogens is 1. The molecule has 0 aliphatic heterocycles. The van der Waals surface area contributed by atoms with Crippen LogP contribution in [0.4, 0.5) is 4.39 Å². The predicted octanol–water partition coefficient (Wildman–Crippen LogP) is 0.949. The van der Waals surface area contributed by atoms with Crippen molar-refractivity contribution >= 4 is 21.5 Å². The van der Waals surface area contributed by atoms with Gasteiger partial charge in [-0.25, -0.2) is 12.8 Å². The molecule has 7 heteroatoms. The van der Waals surface area contributed by atoms with Crippen LogP contribution in [0, 0.1) is 5.82 Å². The molecule has 0 fully saturated rings. The lowest BCUT2D eigenvalue weighted by atomic mass is 10.1. The summed E-state index contributed by atoms with van der Waals surface area (Å²) in [6, 6.07) is 5.56. The van der Waals surface area contributed by atoms with Gasteiger partial charge in [-0.2, -0.15) is 0 Å². The summed E-state index contributed by atoms with van der Waals surface area (Å²) in [6.07, 6.45) is 0.851. The first kappa shape index (κ1) is 16.3. The van der Waals surface area contributed by atoms with Gasteiger partial charge in [-0.1, -0.05) is 12.1 Å². The van der Waals surface area contributed by atoms with Gasteiger partial charge in [-0.15, -0.1) is 0 Å². The van der Waals surface area contributed by atoms with Crippen LogP contribution in [0.25, 0.3) is 0 Å². The molecule has 0 aliphatic carbocycles. The molecule has 20 heavy (non-hydrogen) atoms. The Balaban J connectivity index is 2.38. The summed E-state index contributed by atoms with van der Waals surface area (Å²) >= 11 is 0. The molecule has 0 atom stereocenters. The quantitative estimate of drug-likeness (QED) is 0.760. The highest BCUT2D eigenvalue weighted by atomic mass is 32.2. The summed E-state index contributed by atoms with van der Waals surface area (Å²) in [5.74, 6) is -1.66. The first-order chi connectivity index (χ1) is 9.29. The second-order valence-electron chi connectivity index (χ2n) is 4.38. The maximum absolute atomic E-state index is 13.3. The summed E-state index contributed by atoms with van der Waals surface area (Å²) < 4.78 is 35.0. The zero-order valence-corrected chi connectivity index (χ0v) is 11.9. The number of hydrogen-bond acceptors (Lipinski definition) is 4. The second-order valence-corrected chi connectivity index (χ2v) is 6.64. The highest BCUT2D eigenvalue weighted by Gasteiger charge is 2.13. The molecule has 1 aromatic rings. The number of Topliss-reactive ketones (excluding diaryl/α,β-unsaturated/α-hetero) is 1. The number of sulfone groups is 1. The minimum atomic E-state index is -3.13. The Morgan fingerprint density at radius 1 is 1.20 bits per heavy atom. The van der Waals surface area contributed by atoms with Gasteiger partial charge in [0.15, 0.2) is 5.78 Å². The standard InChI is InChI=1S/C13H16FNO4S/c1-20(18,19)9-8-15-13(17)7-6-12(16)10-4-2-3-5-11(10)14/h2-5H,6-9H2,1H3,(H,15,17). The Kier molecular flexibility index (Phi) is 5.82. The molecule has 0 aliphatic rings. The van der Waals surface area contributed by atoms with Crippen LogP contribution in [0.2, 0.25) is 0 Å². The van der Waals surface area contributed by atoms with E-state index in [-0.39, 0.29) is 30.7 Å². The molecule has 0 saturated carbocycles. The molecule has 0 saturated heterocycles. The second kappa shape index (κ2) is 7.14. The van der Waals surface area contributed by atoms with Crippen molar-refractivity contribution in [3.05, 3.63) is 35.6 Å². The average molecular weight is 301 g/mol. The van der Waals surface area contributed by atoms with Crippen molar-refractivity contribution in [2.45, 2.75) is 12.8 Å². The maximum Gasteiger partial charge on any atom is 0.220 e. The van der Waals surface area contributed by atoms with Crippen LogP contribution in [-0.4, -0.2) is 38.7 Å². The third kappa shape index (κ3) is 5.92. The van der Waals surface area contributed by atoms with Gasteiger partial charge in [0.05, 0.1) is 11.3 Å². The van der Waals surface area contributed by atoms with Gasteiger partial charge in [0.1, 0.15) is 15.7 Å².